The molecule has 0 aliphatic heterocycles. The summed E-state index contributed by atoms with van der Waals surface area (Å²) in [7, 11) is 2.78. The molecule has 100 valence electrons. The smallest absolute Gasteiger partial charge is 0.437 e. The van der Waals surface area contributed by atoms with Crippen LogP contribution in [-0.2, 0) is 9.47 Å². The monoisotopic (exact) mass is 245 g/mol. The number of rotatable bonds is 7. The van der Waals surface area contributed by atoms with Crippen molar-refractivity contribution in [2.45, 2.75) is 45.4 Å². The van der Waals surface area contributed by atoms with E-state index in [1.54, 1.807) is 7.05 Å². The van der Waals surface area contributed by atoms with Crippen LogP contribution in [0.25, 0.3) is 0 Å². The topological polar surface area (TPSA) is 55.8 Å². The van der Waals surface area contributed by atoms with Crippen molar-refractivity contribution >= 4 is 12.2 Å². The summed E-state index contributed by atoms with van der Waals surface area (Å²) >= 11 is 0. The minimum atomic E-state index is -0.968. The Morgan fingerprint density at radius 3 is 2.24 bits per heavy atom. The van der Waals surface area contributed by atoms with E-state index in [4.69, 9.17) is 0 Å². The molecule has 0 fully saturated rings. The van der Waals surface area contributed by atoms with Crippen LogP contribution in [0, 0.1) is 0 Å². The van der Waals surface area contributed by atoms with Crippen LogP contribution in [0.2, 0.25) is 0 Å². The minimum Gasteiger partial charge on any atom is -0.437 e. The van der Waals surface area contributed by atoms with Crippen LogP contribution in [0.3, 0.4) is 0 Å². The number of hydrogen-bond donors (Lipinski definition) is 0. The average molecular weight is 245 g/mol. The van der Waals surface area contributed by atoms with Crippen molar-refractivity contribution in [1.29, 1.82) is 0 Å². The Hall–Kier alpha value is -1.26. The van der Waals surface area contributed by atoms with E-state index in [0.717, 1.165) is 12.8 Å². The molecule has 0 aromatic heterocycles. The first-order chi connectivity index (χ1) is 8.11. The SMILES string of the molecule is CCCCCCCCN(C)C(=O)OC(=O)OC. The van der Waals surface area contributed by atoms with Crippen molar-refractivity contribution in [3.8, 4) is 0 Å². The predicted octanol–water partition coefficient (Wildman–Crippen LogP) is 3.18. The lowest BCUT2D eigenvalue weighted by molar-refractivity contribution is 0.0773. The zero-order chi connectivity index (χ0) is 13.1. The molecule has 0 atom stereocenters. The number of carbonyl (C=O) groups excluding carboxylic acids is 2. The quantitative estimate of drug-likeness (QED) is 0.392. The third kappa shape index (κ3) is 8.54. The number of hydrogen-bond acceptors (Lipinski definition) is 4. The first kappa shape index (κ1) is 15.7. The standard InChI is InChI=1S/C12H23NO4/c1-4-5-6-7-8-9-10-13(2)11(14)17-12(15)16-3/h4-10H2,1-3H3. The summed E-state index contributed by atoms with van der Waals surface area (Å²) in [6.07, 6.45) is 5.31. The van der Waals surface area contributed by atoms with Gasteiger partial charge in [-0.2, -0.15) is 0 Å². The fraction of sp³-hybridized carbons (Fsp3) is 0.833. The molecule has 0 aliphatic carbocycles. The Bertz CT molecular complexity index is 231. The second-order valence-electron chi connectivity index (χ2n) is 4.01. The van der Waals surface area contributed by atoms with Crippen molar-refractivity contribution in [3.63, 3.8) is 0 Å². The molecule has 0 spiro atoms. The molecule has 0 aromatic rings. The lowest BCUT2D eigenvalue weighted by atomic mass is 10.1. The van der Waals surface area contributed by atoms with E-state index in [9.17, 15) is 9.59 Å². The van der Waals surface area contributed by atoms with Gasteiger partial charge < -0.3 is 14.4 Å². The lowest BCUT2D eigenvalue weighted by Gasteiger charge is -2.15. The molecule has 0 unspecified atom stereocenters. The summed E-state index contributed by atoms with van der Waals surface area (Å²) in [6.45, 7) is 2.78. The van der Waals surface area contributed by atoms with Gasteiger partial charge in [-0.05, 0) is 6.42 Å². The number of methoxy groups -OCH3 is 1. The predicted molar refractivity (Wildman–Crippen MR) is 64.9 cm³/mol. The number of unbranched alkanes of at least 4 members (excludes halogenated alkanes) is 5. The summed E-state index contributed by atoms with van der Waals surface area (Å²) in [5, 5.41) is 0. The van der Waals surface area contributed by atoms with Crippen LogP contribution in [0.1, 0.15) is 45.4 Å². The van der Waals surface area contributed by atoms with Gasteiger partial charge in [-0.25, -0.2) is 9.59 Å². The lowest BCUT2D eigenvalue weighted by Crippen LogP contribution is -2.30. The number of amides is 1. The summed E-state index contributed by atoms with van der Waals surface area (Å²) in [4.78, 5) is 23.4. The molecule has 5 nitrogen and oxygen atoms in total. The maximum atomic E-state index is 11.3. The van der Waals surface area contributed by atoms with Gasteiger partial charge >= 0.3 is 12.2 Å². The maximum Gasteiger partial charge on any atom is 0.517 e. The molecular weight excluding hydrogens is 222 g/mol. The van der Waals surface area contributed by atoms with Crippen LogP contribution in [0.15, 0.2) is 0 Å². The van der Waals surface area contributed by atoms with E-state index in [1.807, 2.05) is 0 Å². The summed E-state index contributed by atoms with van der Waals surface area (Å²) < 4.78 is 8.62. The van der Waals surface area contributed by atoms with Crippen LogP contribution >= 0.6 is 0 Å². The van der Waals surface area contributed by atoms with E-state index in [0.29, 0.717) is 6.54 Å². The third-order valence-electron chi connectivity index (χ3n) is 2.50. The van der Waals surface area contributed by atoms with Crippen molar-refractivity contribution in [2.75, 3.05) is 20.7 Å². The zero-order valence-electron chi connectivity index (χ0n) is 11.0. The second kappa shape index (κ2) is 9.93. The first-order valence-electron chi connectivity index (χ1n) is 6.12. The Kier molecular flexibility index (Phi) is 9.19. The fourth-order valence-corrected chi connectivity index (χ4v) is 1.41. The van der Waals surface area contributed by atoms with E-state index < -0.39 is 12.2 Å². The number of nitrogens with zero attached hydrogens (tertiary/aromatic N) is 1. The van der Waals surface area contributed by atoms with Crippen molar-refractivity contribution < 1.29 is 19.1 Å². The van der Waals surface area contributed by atoms with Gasteiger partial charge in [-0.15, -0.1) is 0 Å². The Balaban J connectivity index is 3.54. The summed E-state index contributed by atoms with van der Waals surface area (Å²) in [5.41, 5.74) is 0. The highest BCUT2D eigenvalue weighted by molar-refractivity contribution is 5.80. The molecule has 0 aliphatic rings. The highest BCUT2D eigenvalue weighted by atomic mass is 16.7. The van der Waals surface area contributed by atoms with Gasteiger partial charge in [0, 0.05) is 13.6 Å². The van der Waals surface area contributed by atoms with Gasteiger partial charge in [0.05, 0.1) is 7.11 Å². The van der Waals surface area contributed by atoms with Crippen LogP contribution in [0.5, 0.6) is 0 Å². The fourth-order valence-electron chi connectivity index (χ4n) is 1.41. The van der Waals surface area contributed by atoms with Gasteiger partial charge in [0.1, 0.15) is 0 Å². The largest absolute Gasteiger partial charge is 0.517 e. The van der Waals surface area contributed by atoms with Crippen molar-refractivity contribution in [2.24, 2.45) is 0 Å². The normalized spacial score (nSPS) is 9.82. The Morgan fingerprint density at radius 2 is 1.65 bits per heavy atom. The van der Waals surface area contributed by atoms with E-state index in [-0.39, 0.29) is 0 Å². The van der Waals surface area contributed by atoms with Crippen LogP contribution in [0.4, 0.5) is 9.59 Å². The first-order valence-corrected chi connectivity index (χ1v) is 6.12. The van der Waals surface area contributed by atoms with E-state index in [1.165, 1.54) is 37.7 Å². The number of ether oxygens (including phenoxy) is 2. The highest BCUT2D eigenvalue weighted by Crippen LogP contribution is 2.06. The minimum absolute atomic E-state index is 0.599. The third-order valence-corrected chi connectivity index (χ3v) is 2.50. The molecular formula is C12H23NO4. The molecule has 0 radical (unpaired) electrons. The van der Waals surface area contributed by atoms with Gasteiger partial charge in [-0.3, -0.25) is 0 Å². The van der Waals surface area contributed by atoms with Crippen molar-refractivity contribution in [3.05, 3.63) is 0 Å². The van der Waals surface area contributed by atoms with Gasteiger partial charge in [0.2, 0.25) is 0 Å². The maximum absolute atomic E-state index is 11.3. The summed E-state index contributed by atoms with van der Waals surface area (Å²) in [6, 6.07) is 0. The van der Waals surface area contributed by atoms with Gasteiger partial charge in [0.15, 0.2) is 0 Å². The van der Waals surface area contributed by atoms with Gasteiger partial charge in [0.25, 0.3) is 0 Å². The summed E-state index contributed by atoms with van der Waals surface area (Å²) in [5.74, 6) is 0. The Morgan fingerprint density at radius 1 is 1.06 bits per heavy atom. The molecule has 0 N–H and O–H groups in total. The molecule has 0 bridgehead atoms. The molecule has 0 heterocycles. The molecule has 0 saturated heterocycles. The van der Waals surface area contributed by atoms with Crippen LogP contribution in [-0.4, -0.2) is 37.9 Å². The molecule has 0 aromatic carbocycles. The molecule has 17 heavy (non-hydrogen) atoms. The van der Waals surface area contributed by atoms with Crippen LogP contribution < -0.4 is 0 Å². The molecule has 0 saturated carbocycles. The van der Waals surface area contributed by atoms with E-state index >= 15 is 0 Å². The van der Waals surface area contributed by atoms with Crippen molar-refractivity contribution in [1.82, 2.24) is 4.90 Å². The van der Waals surface area contributed by atoms with Gasteiger partial charge in [-0.1, -0.05) is 39.0 Å². The molecule has 0 rings (SSSR count). The second-order valence-corrected chi connectivity index (χ2v) is 4.01. The number of carbonyl (C=O) groups is 2. The Labute approximate surface area is 103 Å². The van der Waals surface area contributed by atoms with E-state index in [2.05, 4.69) is 16.4 Å². The molecule has 5 heteroatoms. The zero-order valence-corrected chi connectivity index (χ0v) is 11.0. The average Bonchev–Trinajstić information content (AvgIpc) is 2.32. The highest BCUT2D eigenvalue weighted by Gasteiger charge is 2.14. The molecule has 1 amide bonds.